The number of nitrogens with zero attached hydrogens (tertiary/aromatic N) is 2. The highest BCUT2D eigenvalue weighted by atomic mass is 32.1. The molecule has 0 bridgehead atoms. The Labute approximate surface area is 226 Å². The number of hydrogen-bond acceptors (Lipinski definition) is 5. The summed E-state index contributed by atoms with van der Waals surface area (Å²) in [6.07, 6.45) is 1.18. The van der Waals surface area contributed by atoms with Crippen LogP contribution in [0.15, 0.2) is 29.4 Å². The van der Waals surface area contributed by atoms with E-state index in [9.17, 15) is 18.0 Å². The Kier molecular flexibility index (Phi) is 8.45. The molecule has 10 heteroatoms. The topological polar surface area (TPSA) is 64.8 Å². The molecule has 1 amide bonds. The van der Waals surface area contributed by atoms with E-state index in [2.05, 4.69) is 44.9 Å². The van der Waals surface area contributed by atoms with Crippen LogP contribution in [0, 0.1) is 5.92 Å². The molecule has 1 aromatic heterocycles. The molecule has 38 heavy (non-hydrogen) atoms. The second-order valence-corrected chi connectivity index (χ2v) is 12.7. The maximum Gasteiger partial charge on any atom is 0.416 e. The summed E-state index contributed by atoms with van der Waals surface area (Å²) in [5.41, 5.74) is -1.57. The Morgan fingerprint density at radius 1 is 1.29 bits per heavy atom. The highest BCUT2D eigenvalue weighted by Crippen LogP contribution is 2.35. The fraction of sp³-hybridized carbons (Fsp3) is 0.643. The van der Waals surface area contributed by atoms with Crippen LogP contribution in [0.25, 0.3) is 0 Å². The molecule has 0 unspecified atom stereocenters. The van der Waals surface area contributed by atoms with Crippen molar-refractivity contribution in [1.82, 2.24) is 9.88 Å². The van der Waals surface area contributed by atoms with Crippen LogP contribution in [-0.2, 0) is 22.9 Å². The first-order valence-corrected chi connectivity index (χ1v) is 14.1. The minimum atomic E-state index is -4.60. The second kappa shape index (κ2) is 11.1. The number of carbonyl (C=O) groups excluding carboxylic acids is 1. The third kappa shape index (κ3) is 6.51. The Hall–Kier alpha value is -2.17. The summed E-state index contributed by atoms with van der Waals surface area (Å²) in [4.78, 5) is 19.3. The van der Waals surface area contributed by atoms with Crippen molar-refractivity contribution in [2.45, 2.75) is 90.1 Å². The van der Waals surface area contributed by atoms with E-state index in [0.29, 0.717) is 18.0 Å². The Balaban J connectivity index is 1.72. The molecule has 2 aliphatic heterocycles. The largest absolute Gasteiger partial charge is 0.491 e. The van der Waals surface area contributed by atoms with Crippen molar-refractivity contribution in [3.05, 3.63) is 45.2 Å². The number of aromatic nitrogens is 1. The summed E-state index contributed by atoms with van der Waals surface area (Å²) in [5, 5.41) is 3.50. The fourth-order valence-corrected chi connectivity index (χ4v) is 5.97. The lowest BCUT2D eigenvalue weighted by Crippen LogP contribution is -2.49. The lowest BCUT2D eigenvalue weighted by molar-refractivity contribution is -0.137. The zero-order valence-electron chi connectivity index (χ0n) is 22.8. The minimum Gasteiger partial charge on any atom is -0.491 e. The number of nitrogens with one attached hydrogen (secondary N) is 1. The van der Waals surface area contributed by atoms with Crippen molar-refractivity contribution in [2.75, 3.05) is 19.8 Å². The van der Waals surface area contributed by atoms with E-state index >= 15 is 0 Å². The zero-order chi connectivity index (χ0) is 27.7. The number of hydrogen-bond donors (Lipinski definition) is 1. The second-order valence-electron chi connectivity index (χ2n) is 11.7. The quantitative estimate of drug-likeness (QED) is 0.461. The van der Waals surface area contributed by atoms with Gasteiger partial charge in [-0.15, -0.1) is 11.3 Å². The number of halogens is 3. The van der Waals surface area contributed by atoms with Gasteiger partial charge < -0.3 is 19.4 Å². The maximum atomic E-state index is 13.6. The molecule has 0 saturated carbocycles. The molecule has 1 aromatic carbocycles. The van der Waals surface area contributed by atoms with Gasteiger partial charge in [0.1, 0.15) is 12.4 Å². The molecule has 2 fully saturated rings. The van der Waals surface area contributed by atoms with Crippen molar-refractivity contribution in [3.8, 4) is 5.75 Å². The predicted molar refractivity (Wildman–Crippen MR) is 142 cm³/mol. The molecule has 0 spiro atoms. The van der Waals surface area contributed by atoms with E-state index in [4.69, 9.17) is 9.47 Å². The molecule has 2 saturated heterocycles. The number of thiazole rings is 1. The summed E-state index contributed by atoms with van der Waals surface area (Å²) in [6, 6.07) is 3.05. The average Bonchev–Trinajstić information content (AvgIpc) is 3.59. The molecule has 4 rings (SSSR count). The van der Waals surface area contributed by atoms with E-state index in [0.717, 1.165) is 49.2 Å². The van der Waals surface area contributed by atoms with Crippen LogP contribution < -0.4 is 14.9 Å². The minimum absolute atomic E-state index is 0.0186. The van der Waals surface area contributed by atoms with E-state index in [1.807, 2.05) is 10.8 Å². The van der Waals surface area contributed by atoms with Gasteiger partial charge in [0.05, 0.1) is 29.3 Å². The fourth-order valence-electron chi connectivity index (χ4n) is 4.92. The molecule has 3 heterocycles. The van der Waals surface area contributed by atoms with Gasteiger partial charge in [0.15, 0.2) is 4.80 Å². The molecule has 210 valence electrons. The highest BCUT2D eigenvalue weighted by Gasteiger charge is 2.38. The van der Waals surface area contributed by atoms with E-state index in [1.54, 1.807) is 0 Å². The number of alkyl halides is 3. The lowest BCUT2D eigenvalue weighted by atomic mass is 9.86. The van der Waals surface area contributed by atoms with Gasteiger partial charge in [-0.3, -0.25) is 4.79 Å². The molecular weight excluding hydrogens is 515 g/mol. The molecule has 2 atom stereocenters. The van der Waals surface area contributed by atoms with Crippen LogP contribution >= 0.6 is 11.3 Å². The first kappa shape index (κ1) is 28.8. The van der Waals surface area contributed by atoms with Gasteiger partial charge in [-0.25, -0.2) is 0 Å². The molecule has 2 aliphatic rings. The number of rotatable bonds is 7. The summed E-state index contributed by atoms with van der Waals surface area (Å²) >= 11 is 1.37. The number of benzene rings is 1. The number of ether oxygens (including phenoxy) is 2. The summed E-state index contributed by atoms with van der Waals surface area (Å²) in [6.45, 7) is 12.7. The van der Waals surface area contributed by atoms with E-state index < -0.39 is 17.6 Å². The Morgan fingerprint density at radius 3 is 2.63 bits per heavy atom. The van der Waals surface area contributed by atoms with Crippen molar-refractivity contribution < 1.29 is 27.4 Å². The molecule has 6 nitrogen and oxygen atoms in total. The molecule has 0 aliphatic carbocycles. The van der Waals surface area contributed by atoms with Crippen molar-refractivity contribution in [2.24, 2.45) is 10.9 Å². The Morgan fingerprint density at radius 2 is 2.05 bits per heavy atom. The van der Waals surface area contributed by atoms with Gasteiger partial charge in [-0.2, -0.15) is 18.2 Å². The smallest absolute Gasteiger partial charge is 0.416 e. The first-order valence-electron chi connectivity index (χ1n) is 13.3. The van der Waals surface area contributed by atoms with Crippen LogP contribution in [0.5, 0.6) is 5.75 Å². The normalized spacial score (nSPS) is 23.0. The Bertz CT molecular complexity index is 1200. The standard InChI is InChI=1S/C28H38F3N3O3S/c1-18(2)27(11-7-12-32-27)17-37-22-10-9-19(28(29,30)31)14-21(22)24(35)33-25-34(15-20-8-6-13-36-20)16-23(38-25)26(3,4)5/h9-10,14,16,18,20,32H,6-8,11-13,15,17H2,1-5H3/b33-25-/t20-,27-/m1/s1. The van der Waals surface area contributed by atoms with Gasteiger partial charge in [-0.05, 0) is 61.8 Å². The SMILES string of the molecule is CC(C)[C@]1(COc2ccc(C(F)(F)F)cc2C(=O)/N=c2\sc(C(C)(C)C)cn2C[C@H]2CCCO2)CCCN1. The van der Waals surface area contributed by atoms with Gasteiger partial charge in [0.25, 0.3) is 5.91 Å². The third-order valence-electron chi connectivity index (χ3n) is 7.49. The number of amides is 1. The van der Waals surface area contributed by atoms with Gasteiger partial charge in [-0.1, -0.05) is 34.6 Å². The lowest BCUT2D eigenvalue weighted by Gasteiger charge is -2.33. The average molecular weight is 554 g/mol. The predicted octanol–water partition coefficient (Wildman–Crippen LogP) is 5.94. The van der Waals surface area contributed by atoms with Crippen LogP contribution in [0.2, 0.25) is 0 Å². The molecule has 1 N–H and O–H groups in total. The van der Waals surface area contributed by atoms with Gasteiger partial charge in [0.2, 0.25) is 0 Å². The molecular formula is C28H38F3N3O3S. The van der Waals surface area contributed by atoms with Gasteiger partial charge in [0, 0.05) is 17.7 Å². The highest BCUT2D eigenvalue weighted by molar-refractivity contribution is 7.09. The van der Waals surface area contributed by atoms with Crippen LogP contribution in [0.1, 0.15) is 81.1 Å². The summed E-state index contributed by atoms with van der Waals surface area (Å²) < 4.78 is 54.6. The summed E-state index contributed by atoms with van der Waals surface area (Å²) in [7, 11) is 0. The maximum absolute atomic E-state index is 13.6. The van der Waals surface area contributed by atoms with Gasteiger partial charge >= 0.3 is 6.18 Å². The first-order chi connectivity index (χ1) is 17.8. The van der Waals surface area contributed by atoms with Crippen LogP contribution in [-0.4, -0.2) is 41.9 Å². The van der Waals surface area contributed by atoms with E-state index in [1.165, 1.54) is 17.4 Å². The summed E-state index contributed by atoms with van der Waals surface area (Å²) in [5.74, 6) is -0.395. The zero-order valence-corrected chi connectivity index (χ0v) is 23.6. The van der Waals surface area contributed by atoms with Crippen molar-refractivity contribution >= 4 is 17.2 Å². The van der Waals surface area contributed by atoms with Crippen molar-refractivity contribution in [3.63, 3.8) is 0 Å². The molecule has 0 radical (unpaired) electrons. The number of carbonyl (C=O) groups is 1. The monoisotopic (exact) mass is 553 g/mol. The molecule has 2 aromatic rings. The van der Waals surface area contributed by atoms with Crippen molar-refractivity contribution in [1.29, 1.82) is 0 Å². The van der Waals surface area contributed by atoms with E-state index in [-0.39, 0.29) is 40.9 Å². The van der Waals surface area contributed by atoms with Crippen LogP contribution in [0.3, 0.4) is 0 Å². The van der Waals surface area contributed by atoms with Crippen LogP contribution in [0.4, 0.5) is 13.2 Å². The third-order valence-corrected chi connectivity index (χ3v) is 8.93.